The van der Waals surface area contributed by atoms with Crippen molar-refractivity contribution in [2.24, 2.45) is 4.99 Å². The Hall–Kier alpha value is -5.45. The van der Waals surface area contributed by atoms with Crippen LogP contribution in [0, 0.1) is 5.82 Å². The fraction of sp³-hybridized carbons (Fsp3) is 0.162. The van der Waals surface area contributed by atoms with Crippen molar-refractivity contribution in [2.45, 2.75) is 13.2 Å². The van der Waals surface area contributed by atoms with Crippen LogP contribution < -0.4 is 5.32 Å². The van der Waals surface area contributed by atoms with Gasteiger partial charge in [-0.3, -0.25) is 9.79 Å². The quantitative estimate of drug-likeness (QED) is 0.228. The second-order valence-electron chi connectivity index (χ2n) is 11.5. The van der Waals surface area contributed by atoms with Gasteiger partial charge in [-0.25, -0.2) is 14.5 Å². The van der Waals surface area contributed by atoms with Crippen LogP contribution >= 0.6 is 11.6 Å². The van der Waals surface area contributed by atoms with Crippen molar-refractivity contribution in [3.05, 3.63) is 142 Å². The Bertz CT molecular complexity index is 2010. The maximum atomic E-state index is 14.9. The number of ether oxygens (including phenoxy) is 1. The lowest BCUT2D eigenvalue weighted by Gasteiger charge is -2.34. The highest BCUT2D eigenvalue weighted by Crippen LogP contribution is 2.33. The van der Waals surface area contributed by atoms with Crippen LogP contribution in [0.5, 0.6) is 0 Å². The van der Waals surface area contributed by atoms with Crippen molar-refractivity contribution in [1.29, 1.82) is 0 Å². The topological polar surface area (TPSA) is 105 Å². The summed E-state index contributed by atoms with van der Waals surface area (Å²) < 4.78 is 20.3. The zero-order valence-corrected chi connectivity index (χ0v) is 26.6. The van der Waals surface area contributed by atoms with Crippen LogP contribution in [-0.2, 0) is 17.9 Å². The molecule has 240 valence electrons. The van der Waals surface area contributed by atoms with Crippen LogP contribution in [0.2, 0.25) is 5.02 Å². The molecule has 0 radical (unpaired) electrons. The van der Waals surface area contributed by atoms with Crippen LogP contribution in [0.25, 0.3) is 11.3 Å². The van der Waals surface area contributed by atoms with Crippen LogP contribution in [-0.4, -0.2) is 63.7 Å². The van der Waals surface area contributed by atoms with Gasteiger partial charge in [0.05, 0.1) is 18.0 Å². The van der Waals surface area contributed by atoms with E-state index in [-0.39, 0.29) is 31.0 Å². The van der Waals surface area contributed by atoms with E-state index in [1.807, 2.05) is 53.8 Å². The molecule has 0 atom stereocenters. The lowest BCUT2D eigenvalue weighted by molar-refractivity contribution is -0.487. The van der Waals surface area contributed by atoms with E-state index >= 15 is 0 Å². The normalized spacial score (nSPS) is 14.0. The number of amides is 2. The number of nitrogens with two attached hydrogens (primary N) is 1. The van der Waals surface area contributed by atoms with E-state index in [1.54, 1.807) is 58.5 Å². The number of hydrogen-bond donors (Lipinski definition) is 1. The molecule has 1 aromatic heterocycles. The third-order valence-electron chi connectivity index (χ3n) is 8.40. The molecule has 4 aromatic carbocycles. The van der Waals surface area contributed by atoms with E-state index < -0.39 is 0 Å². The molecule has 2 aliphatic heterocycles. The molecule has 7 rings (SSSR count). The van der Waals surface area contributed by atoms with Crippen molar-refractivity contribution in [1.82, 2.24) is 19.8 Å². The van der Waals surface area contributed by atoms with Crippen molar-refractivity contribution in [3.63, 3.8) is 0 Å². The zero-order valence-electron chi connectivity index (χ0n) is 25.9. The van der Waals surface area contributed by atoms with E-state index in [4.69, 9.17) is 26.3 Å². The maximum Gasteiger partial charge on any atom is 0.410 e. The summed E-state index contributed by atoms with van der Waals surface area (Å²) in [6.45, 7) is 2.15. The molecule has 3 heterocycles. The van der Waals surface area contributed by atoms with Crippen molar-refractivity contribution < 1.29 is 24.0 Å². The summed E-state index contributed by atoms with van der Waals surface area (Å²) in [6, 6.07) is 28.8. The summed E-state index contributed by atoms with van der Waals surface area (Å²) in [6.07, 6.45) is 1.37. The number of quaternary nitrogens is 1. The average Bonchev–Trinajstić information content (AvgIpc) is 3.27. The molecule has 48 heavy (non-hydrogen) atoms. The molecule has 2 aliphatic rings. The van der Waals surface area contributed by atoms with E-state index in [1.165, 1.54) is 6.07 Å². The first-order valence-corrected chi connectivity index (χ1v) is 16.0. The van der Waals surface area contributed by atoms with Crippen LogP contribution in [0.15, 0.2) is 108 Å². The van der Waals surface area contributed by atoms with E-state index in [2.05, 4.69) is 4.98 Å². The summed E-state index contributed by atoms with van der Waals surface area (Å²) in [4.78, 5) is 43.4. The predicted molar refractivity (Wildman–Crippen MR) is 180 cm³/mol. The third kappa shape index (κ3) is 6.67. The zero-order chi connectivity index (χ0) is 33.0. The highest BCUT2D eigenvalue weighted by molar-refractivity contribution is 6.31. The van der Waals surface area contributed by atoms with Gasteiger partial charge >= 0.3 is 12.0 Å². The first-order valence-electron chi connectivity index (χ1n) is 15.6. The van der Waals surface area contributed by atoms with Gasteiger partial charge in [-0.05, 0) is 42.0 Å². The molecular formula is C37H31ClFN6O3+. The minimum Gasteiger partial charge on any atom is -0.445 e. The first-order chi connectivity index (χ1) is 23.4. The van der Waals surface area contributed by atoms with Crippen molar-refractivity contribution >= 4 is 40.9 Å². The molecule has 2 amide bonds. The Morgan fingerprint density at radius 2 is 1.56 bits per heavy atom. The fourth-order valence-electron chi connectivity index (χ4n) is 5.85. The number of piperazine rings is 1. The van der Waals surface area contributed by atoms with Gasteiger partial charge in [0, 0.05) is 77.3 Å². The predicted octanol–water partition coefficient (Wildman–Crippen LogP) is 5.91. The Balaban J connectivity index is 1.01. The van der Waals surface area contributed by atoms with E-state index in [0.717, 1.165) is 22.4 Å². The molecular weight excluding hydrogens is 631 g/mol. The Morgan fingerprint density at radius 1 is 0.833 bits per heavy atom. The van der Waals surface area contributed by atoms with Gasteiger partial charge in [0.1, 0.15) is 18.1 Å². The Morgan fingerprint density at radius 3 is 2.33 bits per heavy atom. The van der Waals surface area contributed by atoms with Gasteiger partial charge in [-0.2, -0.15) is 9.97 Å². The average molecular weight is 662 g/mol. The smallest absolute Gasteiger partial charge is 0.410 e. The lowest BCUT2D eigenvalue weighted by Crippen LogP contribution is -2.72. The number of fused-ring (bicyclic) bond motifs is 3. The van der Waals surface area contributed by atoms with Crippen LogP contribution in [0.4, 0.5) is 20.8 Å². The monoisotopic (exact) mass is 661 g/mol. The minimum atomic E-state index is -0.379. The van der Waals surface area contributed by atoms with Gasteiger partial charge in [-0.15, -0.1) is 0 Å². The van der Waals surface area contributed by atoms with Gasteiger partial charge in [0.2, 0.25) is 0 Å². The largest absolute Gasteiger partial charge is 0.445 e. The van der Waals surface area contributed by atoms with Crippen LogP contribution in [0.3, 0.4) is 0 Å². The lowest BCUT2D eigenvalue weighted by atomic mass is 9.95. The Kier molecular flexibility index (Phi) is 8.91. The summed E-state index contributed by atoms with van der Waals surface area (Å²) >= 11 is 6.39. The number of hydrogen-bond acceptors (Lipinski definition) is 6. The summed E-state index contributed by atoms with van der Waals surface area (Å²) in [5.41, 5.74) is 6.21. The number of aliphatic imine (C=N–C) groups is 1. The second kappa shape index (κ2) is 13.7. The molecule has 0 saturated carbocycles. The number of aromatic nitrogens is 2. The van der Waals surface area contributed by atoms with Crippen molar-refractivity contribution in [3.8, 4) is 11.3 Å². The molecule has 1 saturated heterocycles. The minimum absolute atomic E-state index is 0.0962. The van der Waals surface area contributed by atoms with Gasteiger partial charge in [0.15, 0.2) is 0 Å². The highest BCUT2D eigenvalue weighted by atomic mass is 35.5. The molecule has 2 N–H and O–H groups in total. The summed E-state index contributed by atoms with van der Waals surface area (Å²) in [5, 5.41) is 2.35. The van der Waals surface area contributed by atoms with Crippen molar-refractivity contribution in [2.75, 3.05) is 26.2 Å². The van der Waals surface area contributed by atoms with Gasteiger partial charge < -0.3 is 14.5 Å². The van der Waals surface area contributed by atoms with Gasteiger partial charge in [-0.1, -0.05) is 60.1 Å². The molecule has 5 aromatic rings. The highest BCUT2D eigenvalue weighted by Gasteiger charge is 2.27. The molecule has 11 heteroatoms. The second-order valence-corrected chi connectivity index (χ2v) is 12.0. The number of carbonyl (C=O) groups excluding carboxylic acids is 2. The molecule has 0 unspecified atom stereocenters. The van der Waals surface area contributed by atoms with E-state index in [0.29, 0.717) is 65.2 Å². The third-order valence-corrected chi connectivity index (χ3v) is 8.63. The molecule has 9 nitrogen and oxygen atoms in total. The molecule has 0 bridgehead atoms. The number of benzene rings is 4. The number of rotatable bonds is 6. The number of halogens is 2. The molecule has 1 fully saturated rings. The van der Waals surface area contributed by atoms with E-state index in [9.17, 15) is 14.0 Å². The number of carbonyl (C=O) groups is 2. The summed E-state index contributed by atoms with van der Waals surface area (Å²) in [7, 11) is 0. The van der Waals surface area contributed by atoms with Crippen LogP contribution in [0.1, 0.15) is 32.6 Å². The molecule has 0 spiro atoms. The standard InChI is InChI=1S/C37H30ClFN6O3/c38-27-12-15-29-31(20-27)34(30-8-4-5-9-32(30)39)40-21-26-22-41-36(43-33(26)29)42-28-13-10-25(11-14-28)35(46)44-16-18-45(19-17-44)37(47)48-23-24-6-2-1-3-7-24/h1-15,20,22H,16-19,21,23H2,(H,41,42,43)/p+1. The summed E-state index contributed by atoms with van der Waals surface area (Å²) in [5.74, 6) is 0.0241. The first kappa shape index (κ1) is 31.2. The SMILES string of the molecule is O=C(OCc1ccccc1)N1CCN(C(=O)c2ccc([NH2+]c3ncc4c(n3)-c3ccc(Cl)cc3C(c3ccccc3F)=NC4)cc2)CC1. The number of nitrogens with zero attached hydrogens (tertiary/aromatic N) is 5. The Labute approximate surface area is 281 Å². The van der Waals surface area contributed by atoms with Gasteiger partial charge in [0.25, 0.3) is 5.91 Å². The molecule has 0 aliphatic carbocycles. The maximum absolute atomic E-state index is 14.9. The fourth-order valence-corrected chi connectivity index (χ4v) is 6.02.